The number of carboxylic acid groups (broad SMARTS) is 1. The topological polar surface area (TPSA) is 232 Å². The SMILES string of the molecule is CC(C)(C)OC(=O)Nc1cc(NC(=O)OC(C)(C)C)cc(C(=O)N=[N+]=[N-])c1.Nc1cc(N)cc(C(=O)O)c1. The van der Waals surface area contributed by atoms with Gasteiger partial charge in [-0.25, -0.2) is 14.4 Å². The Kier molecular flexibility index (Phi) is 10.5. The molecule has 0 aromatic heterocycles. The number of rotatable bonds is 4. The lowest BCUT2D eigenvalue weighted by Crippen LogP contribution is -2.28. The molecule has 0 aliphatic heterocycles. The molecule has 0 unspecified atom stereocenters. The summed E-state index contributed by atoms with van der Waals surface area (Å²) in [5.74, 6) is -1.90. The van der Waals surface area contributed by atoms with Crippen molar-refractivity contribution in [2.45, 2.75) is 52.7 Å². The van der Waals surface area contributed by atoms with Crippen molar-refractivity contribution >= 4 is 46.8 Å². The highest BCUT2D eigenvalue weighted by Gasteiger charge is 2.19. The van der Waals surface area contributed by atoms with E-state index in [1.54, 1.807) is 41.5 Å². The smallest absolute Gasteiger partial charge is 0.412 e. The minimum Gasteiger partial charge on any atom is -0.478 e. The second kappa shape index (κ2) is 12.8. The van der Waals surface area contributed by atoms with E-state index in [1.165, 1.54) is 36.4 Å². The first-order valence-corrected chi connectivity index (χ1v) is 11.0. The van der Waals surface area contributed by atoms with Crippen molar-refractivity contribution in [1.82, 2.24) is 0 Å². The van der Waals surface area contributed by atoms with E-state index in [-0.39, 0.29) is 22.5 Å². The van der Waals surface area contributed by atoms with E-state index in [0.29, 0.717) is 11.4 Å². The number of aromatic carboxylic acids is 1. The van der Waals surface area contributed by atoms with E-state index in [1.807, 2.05) is 0 Å². The first-order chi connectivity index (χ1) is 17.4. The van der Waals surface area contributed by atoms with Crippen LogP contribution in [-0.2, 0) is 9.47 Å². The average molecular weight is 530 g/mol. The van der Waals surface area contributed by atoms with Crippen LogP contribution in [0.25, 0.3) is 10.4 Å². The Morgan fingerprint density at radius 2 is 1.21 bits per heavy atom. The number of anilines is 4. The zero-order chi connectivity index (χ0) is 29.3. The number of carbonyl (C=O) groups excluding carboxylic acids is 3. The van der Waals surface area contributed by atoms with Gasteiger partial charge in [0.2, 0.25) is 5.91 Å². The molecule has 0 atom stereocenters. The molecule has 0 saturated carbocycles. The number of azide groups is 1. The first-order valence-electron chi connectivity index (χ1n) is 11.0. The normalized spacial score (nSPS) is 10.6. The van der Waals surface area contributed by atoms with Crippen molar-refractivity contribution in [3.8, 4) is 0 Å². The highest BCUT2D eigenvalue weighted by molar-refractivity contribution is 5.99. The van der Waals surface area contributed by atoms with Crippen molar-refractivity contribution in [3.63, 3.8) is 0 Å². The predicted molar refractivity (Wildman–Crippen MR) is 142 cm³/mol. The maximum atomic E-state index is 11.9. The van der Waals surface area contributed by atoms with Crippen LogP contribution in [0.4, 0.5) is 32.3 Å². The average Bonchev–Trinajstić information content (AvgIpc) is 2.70. The second-order valence-electron chi connectivity index (χ2n) is 9.74. The van der Waals surface area contributed by atoms with Crippen LogP contribution in [0, 0.1) is 0 Å². The van der Waals surface area contributed by atoms with Gasteiger partial charge in [0.1, 0.15) is 11.2 Å². The van der Waals surface area contributed by atoms with Gasteiger partial charge < -0.3 is 26.0 Å². The lowest BCUT2D eigenvalue weighted by molar-refractivity contribution is 0.0625. The third-order valence-electron chi connectivity index (χ3n) is 3.83. The maximum Gasteiger partial charge on any atom is 0.412 e. The summed E-state index contributed by atoms with van der Waals surface area (Å²) in [6.45, 7) is 10.2. The number of nitrogens with zero attached hydrogens (tertiary/aromatic N) is 3. The quantitative estimate of drug-likeness (QED) is 0.148. The lowest BCUT2D eigenvalue weighted by Gasteiger charge is -2.21. The van der Waals surface area contributed by atoms with Gasteiger partial charge in [-0.15, -0.1) is 0 Å². The van der Waals surface area contributed by atoms with Crippen LogP contribution in [-0.4, -0.2) is 40.4 Å². The Balaban J connectivity index is 0.000000544. The van der Waals surface area contributed by atoms with E-state index >= 15 is 0 Å². The summed E-state index contributed by atoms with van der Waals surface area (Å²) in [7, 11) is 0. The Morgan fingerprint density at radius 3 is 1.55 bits per heavy atom. The molecule has 0 bridgehead atoms. The second-order valence-corrected chi connectivity index (χ2v) is 9.74. The molecular weight excluding hydrogens is 498 g/mol. The molecule has 0 aliphatic carbocycles. The number of nitrogens with one attached hydrogen (secondary N) is 2. The van der Waals surface area contributed by atoms with Crippen molar-refractivity contribution in [1.29, 1.82) is 0 Å². The van der Waals surface area contributed by atoms with Crippen LogP contribution in [0.5, 0.6) is 0 Å². The summed E-state index contributed by atoms with van der Waals surface area (Å²) in [6.07, 6.45) is -1.50. The third-order valence-corrected chi connectivity index (χ3v) is 3.83. The Bertz CT molecular complexity index is 1190. The van der Waals surface area contributed by atoms with Crippen LogP contribution in [0.3, 0.4) is 0 Å². The molecule has 2 aromatic carbocycles. The Hall–Kier alpha value is -4.97. The van der Waals surface area contributed by atoms with Crippen LogP contribution in [0.15, 0.2) is 41.5 Å². The number of hydrogen-bond donors (Lipinski definition) is 5. The molecule has 14 heteroatoms. The fraction of sp³-hybridized carbons (Fsp3) is 0.333. The number of carbonyl (C=O) groups is 4. The molecule has 3 amide bonds. The molecule has 0 aliphatic rings. The van der Waals surface area contributed by atoms with Crippen molar-refractivity contribution in [2.75, 3.05) is 22.1 Å². The minimum atomic E-state index is -1.02. The number of nitrogen functional groups attached to an aromatic ring is 2. The number of amides is 3. The van der Waals surface area contributed by atoms with E-state index in [9.17, 15) is 19.2 Å². The van der Waals surface area contributed by atoms with Crippen molar-refractivity contribution < 1.29 is 33.8 Å². The van der Waals surface area contributed by atoms with Crippen LogP contribution in [0.2, 0.25) is 0 Å². The summed E-state index contributed by atoms with van der Waals surface area (Å²) >= 11 is 0. The maximum absolute atomic E-state index is 11.9. The summed E-state index contributed by atoms with van der Waals surface area (Å²) in [5, 5.41) is 16.4. The zero-order valence-corrected chi connectivity index (χ0v) is 21.9. The van der Waals surface area contributed by atoms with Gasteiger partial charge in [0.05, 0.1) is 5.56 Å². The number of nitrogens with two attached hydrogens (primary N) is 2. The summed E-state index contributed by atoms with van der Waals surface area (Å²) in [4.78, 5) is 48.6. The summed E-state index contributed by atoms with van der Waals surface area (Å²) < 4.78 is 10.3. The molecule has 7 N–H and O–H groups in total. The van der Waals surface area contributed by atoms with E-state index < -0.39 is 35.3 Å². The highest BCUT2D eigenvalue weighted by Crippen LogP contribution is 2.22. The largest absolute Gasteiger partial charge is 0.478 e. The van der Waals surface area contributed by atoms with E-state index in [2.05, 4.69) is 20.7 Å². The number of ether oxygens (including phenoxy) is 2. The van der Waals surface area contributed by atoms with Crippen LogP contribution >= 0.6 is 0 Å². The van der Waals surface area contributed by atoms with Gasteiger partial charge >= 0.3 is 18.2 Å². The van der Waals surface area contributed by atoms with Crippen molar-refractivity contribution in [3.05, 3.63) is 58.0 Å². The van der Waals surface area contributed by atoms with Gasteiger partial charge in [0.25, 0.3) is 0 Å². The molecule has 2 rings (SSSR count). The van der Waals surface area contributed by atoms with E-state index in [0.717, 1.165) is 0 Å². The highest BCUT2D eigenvalue weighted by atomic mass is 16.6. The molecule has 204 valence electrons. The molecule has 0 radical (unpaired) electrons. The number of hydrogen-bond acceptors (Lipinski definition) is 8. The molecule has 0 spiro atoms. The van der Waals surface area contributed by atoms with Crippen molar-refractivity contribution in [2.24, 2.45) is 5.11 Å². The molecule has 0 fully saturated rings. The van der Waals surface area contributed by atoms with Gasteiger partial charge in [0, 0.05) is 33.2 Å². The Labute approximate surface area is 218 Å². The fourth-order valence-corrected chi connectivity index (χ4v) is 2.64. The monoisotopic (exact) mass is 529 g/mol. The molecule has 2 aromatic rings. The number of carboxylic acids is 1. The zero-order valence-electron chi connectivity index (χ0n) is 21.9. The Morgan fingerprint density at radius 1 is 0.789 bits per heavy atom. The van der Waals surface area contributed by atoms with Gasteiger partial charge in [-0.05, 0) is 88.6 Å². The van der Waals surface area contributed by atoms with Gasteiger partial charge in [-0.3, -0.25) is 15.4 Å². The molecule has 38 heavy (non-hydrogen) atoms. The van der Waals surface area contributed by atoms with Crippen LogP contribution in [0.1, 0.15) is 62.3 Å². The fourth-order valence-electron chi connectivity index (χ4n) is 2.64. The third kappa shape index (κ3) is 12.1. The van der Waals surface area contributed by atoms with Gasteiger partial charge in [0.15, 0.2) is 0 Å². The molecular formula is C24H31N7O7. The molecule has 0 heterocycles. The predicted octanol–water partition coefficient (Wildman–Crippen LogP) is 5.38. The molecule has 14 nitrogen and oxygen atoms in total. The standard InChI is InChI=1S/C17H23N5O5.C7H8N2O2/c1-16(2,3)26-14(24)19-11-7-10(13(23)21-22-18)8-12(9-11)20-15(25)27-17(4,5)6;8-5-1-4(7(10)11)2-6(9)3-5/h7-9H,1-6H3,(H,19,24)(H,20,25);1-3H,8-9H2,(H,10,11). The minimum absolute atomic E-state index is 0.0348. The lowest BCUT2D eigenvalue weighted by atomic mass is 10.1. The summed E-state index contributed by atoms with van der Waals surface area (Å²) in [6, 6.07) is 8.22. The van der Waals surface area contributed by atoms with Gasteiger partial charge in [-0.1, -0.05) is 0 Å². The van der Waals surface area contributed by atoms with Gasteiger partial charge in [-0.2, -0.15) is 0 Å². The summed E-state index contributed by atoms with van der Waals surface area (Å²) in [5.41, 5.74) is 18.8. The first kappa shape index (κ1) is 31.1. The van der Waals surface area contributed by atoms with Crippen LogP contribution < -0.4 is 22.1 Å². The number of benzene rings is 2. The molecule has 0 saturated heterocycles. The van der Waals surface area contributed by atoms with E-state index in [4.69, 9.17) is 31.6 Å².